The molecule has 5 heteroatoms. The predicted molar refractivity (Wildman–Crippen MR) is 93.9 cm³/mol. The summed E-state index contributed by atoms with van der Waals surface area (Å²) in [6, 6.07) is 6.41. The van der Waals surface area contributed by atoms with Gasteiger partial charge in [-0.05, 0) is 49.3 Å². The zero-order valence-electron chi connectivity index (χ0n) is 14.1. The number of amides is 1. The van der Waals surface area contributed by atoms with Crippen LogP contribution in [0.5, 0.6) is 0 Å². The maximum Gasteiger partial charge on any atom is 0.230 e. The molecule has 1 aromatic rings. The predicted octanol–water partition coefficient (Wildman–Crippen LogP) is 3.75. The molecule has 1 aliphatic carbocycles. The molecule has 0 spiro atoms. The van der Waals surface area contributed by atoms with E-state index in [9.17, 15) is 9.18 Å². The molecule has 0 aromatic heterocycles. The largest absolute Gasteiger partial charge is 0.338 e. The zero-order valence-corrected chi connectivity index (χ0v) is 14.9. The summed E-state index contributed by atoms with van der Waals surface area (Å²) in [5.41, 5.74) is 6.43. The van der Waals surface area contributed by atoms with Crippen LogP contribution in [0.1, 0.15) is 45.1 Å². The van der Waals surface area contributed by atoms with E-state index < -0.39 is 5.41 Å². The van der Waals surface area contributed by atoms with Gasteiger partial charge in [-0.25, -0.2) is 4.39 Å². The second-order valence-electron chi connectivity index (χ2n) is 6.45. The maximum atomic E-state index is 13.1. The lowest BCUT2D eigenvalue weighted by Gasteiger charge is -2.35. The van der Waals surface area contributed by atoms with E-state index in [1.165, 1.54) is 25.0 Å². The highest BCUT2D eigenvalue weighted by Gasteiger charge is 2.38. The molecule has 0 atom stereocenters. The Morgan fingerprint density at radius 1 is 1.26 bits per heavy atom. The van der Waals surface area contributed by atoms with Crippen molar-refractivity contribution in [3.63, 3.8) is 0 Å². The molecule has 1 saturated carbocycles. The van der Waals surface area contributed by atoms with Gasteiger partial charge in [-0.15, -0.1) is 12.4 Å². The number of benzene rings is 1. The van der Waals surface area contributed by atoms with Gasteiger partial charge in [0, 0.05) is 19.6 Å². The average molecular weight is 343 g/mol. The second kappa shape index (κ2) is 8.65. The molecule has 1 aliphatic rings. The van der Waals surface area contributed by atoms with E-state index in [4.69, 9.17) is 5.73 Å². The lowest BCUT2D eigenvalue weighted by atomic mass is 9.80. The van der Waals surface area contributed by atoms with Crippen molar-refractivity contribution in [2.24, 2.45) is 17.1 Å². The van der Waals surface area contributed by atoms with E-state index in [-0.39, 0.29) is 24.1 Å². The van der Waals surface area contributed by atoms with Gasteiger partial charge in [0.15, 0.2) is 0 Å². The molecule has 0 radical (unpaired) electrons. The third-order valence-electron chi connectivity index (χ3n) is 4.95. The van der Waals surface area contributed by atoms with Crippen molar-refractivity contribution < 1.29 is 9.18 Å². The summed E-state index contributed by atoms with van der Waals surface area (Å²) < 4.78 is 13.1. The molecule has 0 bridgehead atoms. The molecule has 130 valence electrons. The molecule has 1 aromatic carbocycles. The lowest BCUT2D eigenvalue weighted by Crippen LogP contribution is -2.48. The van der Waals surface area contributed by atoms with Crippen LogP contribution in [0.15, 0.2) is 24.3 Å². The molecule has 0 aliphatic heterocycles. The monoisotopic (exact) mass is 342 g/mol. The normalized spacial score (nSPS) is 14.3. The summed E-state index contributed by atoms with van der Waals surface area (Å²) in [6.45, 7) is 5.77. The van der Waals surface area contributed by atoms with Crippen molar-refractivity contribution in [1.82, 2.24) is 4.90 Å². The molecule has 0 unspecified atom stereocenters. The first-order valence-corrected chi connectivity index (χ1v) is 8.28. The van der Waals surface area contributed by atoms with Crippen LogP contribution in [0.25, 0.3) is 0 Å². The van der Waals surface area contributed by atoms with E-state index in [0.29, 0.717) is 19.0 Å². The average Bonchev–Trinajstić information content (AvgIpc) is 3.35. The van der Waals surface area contributed by atoms with E-state index >= 15 is 0 Å². The molecular formula is C18H28ClFN2O. The van der Waals surface area contributed by atoms with Gasteiger partial charge in [-0.3, -0.25) is 4.79 Å². The highest BCUT2D eigenvalue weighted by Crippen LogP contribution is 2.34. The van der Waals surface area contributed by atoms with Crippen LogP contribution < -0.4 is 5.73 Å². The molecule has 1 fully saturated rings. The molecule has 2 N–H and O–H groups in total. The van der Waals surface area contributed by atoms with Gasteiger partial charge in [0.2, 0.25) is 5.91 Å². The Bertz CT molecular complexity index is 490. The van der Waals surface area contributed by atoms with Gasteiger partial charge in [0.25, 0.3) is 0 Å². The van der Waals surface area contributed by atoms with Crippen molar-refractivity contribution in [3.05, 3.63) is 35.6 Å². The Kier molecular flexibility index (Phi) is 7.49. The molecule has 1 amide bonds. The first-order valence-electron chi connectivity index (χ1n) is 8.28. The number of hydrogen-bond donors (Lipinski definition) is 1. The number of nitrogens with two attached hydrogens (primary N) is 1. The summed E-state index contributed by atoms with van der Waals surface area (Å²) in [4.78, 5) is 15.0. The van der Waals surface area contributed by atoms with E-state index in [1.54, 1.807) is 12.1 Å². The minimum absolute atomic E-state index is 0. The summed E-state index contributed by atoms with van der Waals surface area (Å²) in [7, 11) is 0. The standard InChI is InChI=1S/C18H27FN2O.ClH/c1-3-18(4-2,13-20)17(22)21(11-14-5-6-14)12-15-7-9-16(19)10-8-15;/h7-10,14H,3-6,11-13,20H2,1-2H3;1H. The quantitative estimate of drug-likeness (QED) is 0.782. The number of nitrogens with zero attached hydrogens (tertiary/aromatic N) is 1. The second-order valence-corrected chi connectivity index (χ2v) is 6.45. The molecule has 0 saturated heterocycles. The number of halogens is 2. The highest BCUT2D eigenvalue weighted by molar-refractivity contribution is 5.85. The fourth-order valence-electron chi connectivity index (χ4n) is 2.91. The molecule has 3 nitrogen and oxygen atoms in total. The van der Waals surface area contributed by atoms with Crippen LogP contribution in [0.2, 0.25) is 0 Å². The third kappa shape index (κ3) is 4.92. The van der Waals surface area contributed by atoms with Crippen LogP contribution in [0.4, 0.5) is 4.39 Å². The van der Waals surface area contributed by atoms with Crippen molar-refractivity contribution in [2.45, 2.75) is 46.1 Å². The lowest BCUT2D eigenvalue weighted by molar-refractivity contribution is -0.143. The van der Waals surface area contributed by atoms with Gasteiger partial charge in [0.1, 0.15) is 5.82 Å². The third-order valence-corrected chi connectivity index (χ3v) is 4.95. The Balaban J connectivity index is 0.00000264. The minimum Gasteiger partial charge on any atom is -0.338 e. The summed E-state index contributed by atoms with van der Waals surface area (Å²) >= 11 is 0. The highest BCUT2D eigenvalue weighted by atomic mass is 35.5. The Hall–Kier alpha value is -1.13. The number of hydrogen-bond acceptors (Lipinski definition) is 2. The fourth-order valence-corrected chi connectivity index (χ4v) is 2.91. The smallest absolute Gasteiger partial charge is 0.230 e. The first-order chi connectivity index (χ1) is 10.5. The molecule has 2 rings (SSSR count). The van der Waals surface area contributed by atoms with Crippen molar-refractivity contribution in [2.75, 3.05) is 13.1 Å². The van der Waals surface area contributed by atoms with Crippen LogP contribution in [-0.2, 0) is 11.3 Å². The Morgan fingerprint density at radius 3 is 2.26 bits per heavy atom. The Labute approximate surface area is 144 Å². The SMILES string of the molecule is CCC(CC)(CN)C(=O)N(Cc1ccc(F)cc1)CC1CC1.Cl. The van der Waals surface area contributed by atoms with Crippen molar-refractivity contribution in [3.8, 4) is 0 Å². The maximum absolute atomic E-state index is 13.1. The summed E-state index contributed by atoms with van der Waals surface area (Å²) in [6.07, 6.45) is 3.90. The molecular weight excluding hydrogens is 315 g/mol. The molecule has 23 heavy (non-hydrogen) atoms. The van der Waals surface area contributed by atoms with E-state index in [1.807, 2.05) is 18.7 Å². The number of carbonyl (C=O) groups is 1. The first kappa shape index (κ1) is 19.9. The topological polar surface area (TPSA) is 46.3 Å². The van der Waals surface area contributed by atoms with Crippen LogP contribution in [-0.4, -0.2) is 23.9 Å². The van der Waals surface area contributed by atoms with Gasteiger partial charge < -0.3 is 10.6 Å². The van der Waals surface area contributed by atoms with Crippen molar-refractivity contribution in [1.29, 1.82) is 0 Å². The van der Waals surface area contributed by atoms with E-state index in [0.717, 1.165) is 24.9 Å². The van der Waals surface area contributed by atoms with Crippen LogP contribution in [0.3, 0.4) is 0 Å². The Morgan fingerprint density at radius 2 is 1.83 bits per heavy atom. The van der Waals surface area contributed by atoms with Crippen molar-refractivity contribution >= 4 is 18.3 Å². The van der Waals surface area contributed by atoms with Gasteiger partial charge in [0.05, 0.1) is 5.41 Å². The summed E-state index contributed by atoms with van der Waals surface area (Å²) in [5.74, 6) is 0.520. The number of carbonyl (C=O) groups excluding carboxylic acids is 1. The number of rotatable bonds is 8. The van der Waals surface area contributed by atoms with Crippen LogP contribution in [0, 0.1) is 17.2 Å². The van der Waals surface area contributed by atoms with Gasteiger partial charge >= 0.3 is 0 Å². The summed E-state index contributed by atoms with van der Waals surface area (Å²) in [5, 5.41) is 0. The minimum atomic E-state index is -0.463. The molecule has 0 heterocycles. The van der Waals surface area contributed by atoms with Crippen LogP contribution >= 0.6 is 12.4 Å². The van der Waals surface area contributed by atoms with E-state index in [2.05, 4.69) is 0 Å². The van der Waals surface area contributed by atoms with Gasteiger partial charge in [-0.1, -0.05) is 26.0 Å². The zero-order chi connectivity index (χ0) is 16.2. The fraction of sp³-hybridized carbons (Fsp3) is 0.611. The van der Waals surface area contributed by atoms with Gasteiger partial charge in [-0.2, -0.15) is 0 Å².